The zero-order valence-electron chi connectivity index (χ0n) is 10.8. The molecule has 3 rings (SSSR count). The molecule has 0 aliphatic heterocycles. The van der Waals surface area contributed by atoms with Crippen molar-refractivity contribution in [2.75, 3.05) is 5.73 Å². The van der Waals surface area contributed by atoms with Crippen LogP contribution in [0.25, 0.3) is 11.3 Å². The van der Waals surface area contributed by atoms with Crippen molar-refractivity contribution in [2.24, 2.45) is 0 Å². The molecule has 0 atom stereocenters. The molecule has 1 aromatic heterocycles. The van der Waals surface area contributed by atoms with E-state index >= 15 is 0 Å². The van der Waals surface area contributed by atoms with Gasteiger partial charge < -0.3 is 14.9 Å². The molecule has 0 radical (unpaired) electrons. The van der Waals surface area contributed by atoms with Gasteiger partial charge in [-0.25, -0.2) is 4.98 Å². The zero-order valence-corrected chi connectivity index (χ0v) is 10.8. The van der Waals surface area contributed by atoms with E-state index in [2.05, 4.69) is 4.98 Å². The second-order valence-electron chi connectivity index (χ2n) is 4.35. The van der Waals surface area contributed by atoms with Crippen LogP contribution in [0.15, 0.2) is 65.2 Å². The zero-order chi connectivity index (χ0) is 13.8. The van der Waals surface area contributed by atoms with E-state index in [1.54, 1.807) is 12.3 Å². The van der Waals surface area contributed by atoms with Crippen molar-refractivity contribution >= 4 is 5.69 Å². The van der Waals surface area contributed by atoms with Crippen LogP contribution in [0.5, 0.6) is 5.75 Å². The lowest BCUT2D eigenvalue weighted by atomic mass is 10.2. The van der Waals surface area contributed by atoms with Gasteiger partial charge in [-0.2, -0.15) is 0 Å². The van der Waals surface area contributed by atoms with Crippen LogP contribution in [-0.4, -0.2) is 4.98 Å². The summed E-state index contributed by atoms with van der Waals surface area (Å²) >= 11 is 0. The van der Waals surface area contributed by atoms with E-state index in [-0.39, 0.29) is 6.61 Å². The van der Waals surface area contributed by atoms with Gasteiger partial charge in [-0.05, 0) is 12.1 Å². The summed E-state index contributed by atoms with van der Waals surface area (Å²) < 4.78 is 11.2. The number of nitrogen functional groups attached to an aromatic ring is 1. The van der Waals surface area contributed by atoms with Crippen molar-refractivity contribution in [3.05, 3.63) is 66.7 Å². The van der Waals surface area contributed by atoms with E-state index < -0.39 is 0 Å². The molecular formula is C16H14N2O2. The van der Waals surface area contributed by atoms with E-state index in [0.29, 0.717) is 17.3 Å². The number of aromatic nitrogens is 1. The first kappa shape index (κ1) is 12.3. The molecule has 0 aliphatic rings. The fourth-order valence-corrected chi connectivity index (χ4v) is 1.86. The summed E-state index contributed by atoms with van der Waals surface area (Å²) in [6.07, 6.45) is 1.70. The van der Waals surface area contributed by atoms with Crippen molar-refractivity contribution in [1.82, 2.24) is 4.98 Å². The van der Waals surface area contributed by atoms with Crippen LogP contribution in [0.4, 0.5) is 5.69 Å². The molecule has 4 heteroatoms. The molecule has 4 nitrogen and oxygen atoms in total. The lowest BCUT2D eigenvalue weighted by Gasteiger charge is -2.03. The molecule has 20 heavy (non-hydrogen) atoms. The predicted molar refractivity (Wildman–Crippen MR) is 77.1 cm³/mol. The molecule has 0 bridgehead atoms. The molecule has 0 saturated carbocycles. The summed E-state index contributed by atoms with van der Waals surface area (Å²) in [5.74, 6) is 1.97. The average Bonchev–Trinajstić information content (AvgIpc) is 2.95. The Morgan fingerprint density at radius 2 is 1.90 bits per heavy atom. The Kier molecular flexibility index (Phi) is 3.37. The normalized spacial score (nSPS) is 10.4. The number of benzene rings is 2. The Bertz CT molecular complexity index is 692. The molecule has 0 amide bonds. The van der Waals surface area contributed by atoms with Gasteiger partial charge in [0.1, 0.15) is 5.75 Å². The summed E-state index contributed by atoms with van der Waals surface area (Å²) in [4.78, 5) is 4.21. The van der Waals surface area contributed by atoms with Crippen LogP contribution in [-0.2, 0) is 6.61 Å². The van der Waals surface area contributed by atoms with Crippen LogP contribution in [0.3, 0.4) is 0 Å². The topological polar surface area (TPSA) is 61.3 Å². The maximum absolute atomic E-state index is 5.69. The van der Waals surface area contributed by atoms with Gasteiger partial charge in [-0.1, -0.05) is 36.4 Å². The Balaban J connectivity index is 1.69. The fraction of sp³-hybridized carbons (Fsp3) is 0.0625. The minimum atomic E-state index is 0.274. The van der Waals surface area contributed by atoms with Crippen LogP contribution >= 0.6 is 0 Å². The first-order valence-electron chi connectivity index (χ1n) is 6.30. The number of nitrogens with two attached hydrogens (primary N) is 1. The number of oxazole rings is 1. The number of nitrogens with zero attached hydrogens (tertiary/aromatic N) is 1. The Hall–Kier alpha value is -2.75. The average molecular weight is 266 g/mol. The Labute approximate surface area is 116 Å². The number of rotatable bonds is 4. The third-order valence-corrected chi connectivity index (χ3v) is 2.83. The summed E-state index contributed by atoms with van der Waals surface area (Å²) in [7, 11) is 0. The smallest absolute Gasteiger partial charge is 0.232 e. The van der Waals surface area contributed by atoms with Crippen LogP contribution in [0.1, 0.15) is 5.89 Å². The number of anilines is 1. The van der Waals surface area contributed by atoms with Gasteiger partial charge in [-0.15, -0.1) is 0 Å². The van der Waals surface area contributed by atoms with Gasteiger partial charge in [0.2, 0.25) is 5.89 Å². The number of hydrogen-bond donors (Lipinski definition) is 1. The third-order valence-electron chi connectivity index (χ3n) is 2.83. The van der Waals surface area contributed by atoms with Crippen LogP contribution < -0.4 is 10.5 Å². The van der Waals surface area contributed by atoms with Gasteiger partial charge in [0.05, 0.1) is 6.20 Å². The summed E-state index contributed by atoms with van der Waals surface area (Å²) in [5, 5.41) is 0. The van der Waals surface area contributed by atoms with E-state index in [1.807, 2.05) is 48.5 Å². The molecule has 0 fully saturated rings. The highest BCUT2D eigenvalue weighted by atomic mass is 16.5. The van der Waals surface area contributed by atoms with Crippen LogP contribution in [0.2, 0.25) is 0 Å². The molecule has 3 aromatic rings. The molecule has 2 aromatic carbocycles. The van der Waals surface area contributed by atoms with E-state index in [1.165, 1.54) is 0 Å². The molecule has 1 heterocycles. The van der Waals surface area contributed by atoms with Gasteiger partial charge in [0.15, 0.2) is 12.4 Å². The van der Waals surface area contributed by atoms with Crippen molar-refractivity contribution in [2.45, 2.75) is 6.61 Å². The summed E-state index contributed by atoms with van der Waals surface area (Å²) in [6, 6.07) is 17.1. The summed E-state index contributed by atoms with van der Waals surface area (Å²) in [6.45, 7) is 0.274. The van der Waals surface area contributed by atoms with E-state index in [0.717, 1.165) is 11.3 Å². The van der Waals surface area contributed by atoms with E-state index in [9.17, 15) is 0 Å². The molecule has 0 saturated heterocycles. The molecule has 2 N–H and O–H groups in total. The lowest BCUT2D eigenvalue weighted by molar-refractivity contribution is 0.265. The molecule has 100 valence electrons. The minimum Gasteiger partial charge on any atom is -0.484 e. The monoisotopic (exact) mass is 266 g/mol. The molecule has 0 spiro atoms. The maximum Gasteiger partial charge on any atom is 0.232 e. The predicted octanol–water partition coefficient (Wildman–Crippen LogP) is 3.50. The molecule has 0 aliphatic carbocycles. The van der Waals surface area contributed by atoms with Gasteiger partial charge in [0.25, 0.3) is 0 Å². The van der Waals surface area contributed by atoms with Gasteiger partial charge in [0, 0.05) is 17.3 Å². The standard InChI is InChI=1S/C16H14N2O2/c17-13-7-4-8-14(9-13)19-11-16-18-10-15(20-16)12-5-2-1-3-6-12/h1-10H,11,17H2. The lowest BCUT2D eigenvalue weighted by Crippen LogP contribution is -1.96. The Morgan fingerprint density at radius 1 is 1.05 bits per heavy atom. The molecular weight excluding hydrogens is 252 g/mol. The summed E-state index contributed by atoms with van der Waals surface area (Å²) in [5.41, 5.74) is 7.35. The second-order valence-corrected chi connectivity index (χ2v) is 4.35. The fourth-order valence-electron chi connectivity index (χ4n) is 1.86. The highest BCUT2D eigenvalue weighted by Gasteiger charge is 2.06. The SMILES string of the molecule is Nc1cccc(OCc2ncc(-c3ccccc3)o2)c1. The van der Waals surface area contributed by atoms with Gasteiger partial charge >= 0.3 is 0 Å². The largest absolute Gasteiger partial charge is 0.484 e. The minimum absolute atomic E-state index is 0.274. The first-order valence-corrected chi connectivity index (χ1v) is 6.30. The molecule has 0 unspecified atom stereocenters. The highest BCUT2D eigenvalue weighted by Crippen LogP contribution is 2.21. The quantitative estimate of drug-likeness (QED) is 0.734. The highest BCUT2D eigenvalue weighted by molar-refractivity contribution is 5.55. The Morgan fingerprint density at radius 3 is 2.70 bits per heavy atom. The van der Waals surface area contributed by atoms with Crippen molar-refractivity contribution < 1.29 is 9.15 Å². The van der Waals surface area contributed by atoms with Crippen molar-refractivity contribution in [3.63, 3.8) is 0 Å². The number of ether oxygens (including phenoxy) is 1. The maximum atomic E-state index is 5.69. The first-order chi connectivity index (χ1) is 9.81. The number of hydrogen-bond acceptors (Lipinski definition) is 4. The van der Waals surface area contributed by atoms with Crippen molar-refractivity contribution in [1.29, 1.82) is 0 Å². The second kappa shape index (κ2) is 5.48. The third kappa shape index (κ3) is 2.80. The van der Waals surface area contributed by atoms with E-state index in [4.69, 9.17) is 14.9 Å². The van der Waals surface area contributed by atoms with Crippen molar-refractivity contribution in [3.8, 4) is 17.1 Å². The van der Waals surface area contributed by atoms with Crippen LogP contribution in [0, 0.1) is 0 Å². The van der Waals surface area contributed by atoms with Gasteiger partial charge in [-0.3, -0.25) is 0 Å².